The van der Waals surface area contributed by atoms with Crippen molar-refractivity contribution in [2.24, 2.45) is 0 Å². The minimum Gasteiger partial charge on any atom is -0.309 e. The van der Waals surface area contributed by atoms with Crippen LogP contribution in [0.5, 0.6) is 0 Å². The van der Waals surface area contributed by atoms with Crippen molar-refractivity contribution in [1.29, 1.82) is 0 Å². The van der Waals surface area contributed by atoms with Crippen LogP contribution < -0.4 is 0 Å². The standard InChI is InChI=1S/C50H32N2/c1-3-13-33(14-4-1)36-23-26-43-45-30-34(24-27-47(45)51(49(43)31-36)38-16-5-2-6-17-38)35-25-28-48-44(29-35)42-21-11-12-22-46(42)52(48)50-32-37-15-7-8-18-39(37)40-19-9-10-20-41(40)50/h1-32H. The molecular formula is C50H32N2. The smallest absolute Gasteiger partial charge is 0.0547 e. The summed E-state index contributed by atoms with van der Waals surface area (Å²) in [4.78, 5) is 0. The molecule has 0 aliphatic rings. The molecule has 0 saturated carbocycles. The number of nitrogens with zero attached hydrogens (tertiary/aromatic N) is 2. The maximum atomic E-state index is 2.46. The van der Waals surface area contributed by atoms with Crippen molar-refractivity contribution in [2.75, 3.05) is 0 Å². The third-order valence-electron chi connectivity index (χ3n) is 10.9. The summed E-state index contributed by atoms with van der Waals surface area (Å²) in [6, 6.07) is 71.0. The molecule has 2 nitrogen and oxygen atoms in total. The highest BCUT2D eigenvalue weighted by molar-refractivity contribution is 6.16. The highest BCUT2D eigenvalue weighted by atomic mass is 15.0. The Morgan fingerprint density at radius 1 is 0.250 bits per heavy atom. The lowest BCUT2D eigenvalue weighted by Crippen LogP contribution is -1.96. The van der Waals surface area contributed by atoms with Crippen LogP contribution in [0.1, 0.15) is 0 Å². The third kappa shape index (κ3) is 4.31. The van der Waals surface area contributed by atoms with Crippen molar-refractivity contribution in [3.63, 3.8) is 0 Å². The van der Waals surface area contributed by atoms with E-state index in [9.17, 15) is 0 Å². The average molecular weight is 661 g/mol. The summed E-state index contributed by atoms with van der Waals surface area (Å²) in [5.41, 5.74) is 12.1. The van der Waals surface area contributed by atoms with Gasteiger partial charge in [-0.25, -0.2) is 0 Å². The van der Waals surface area contributed by atoms with Gasteiger partial charge in [0.1, 0.15) is 0 Å². The lowest BCUT2D eigenvalue weighted by Gasteiger charge is -2.14. The van der Waals surface area contributed by atoms with E-state index in [2.05, 4.69) is 203 Å². The Bertz CT molecular complexity index is 3160. The van der Waals surface area contributed by atoms with E-state index in [1.807, 2.05) is 0 Å². The molecule has 0 aliphatic carbocycles. The number of para-hydroxylation sites is 2. The molecule has 0 spiro atoms. The molecule has 0 N–H and O–H groups in total. The topological polar surface area (TPSA) is 9.86 Å². The Kier molecular flexibility index (Phi) is 6.28. The second-order valence-electron chi connectivity index (χ2n) is 13.7. The number of rotatable bonds is 4. The maximum absolute atomic E-state index is 2.46. The largest absolute Gasteiger partial charge is 0.309 e. The number of benzene rings is 9. The Morgan fingerprint density at radius 2 is 0.769 bits per heavy atom. The molecule has 0 saturated heterocycles. The summed E-state index contributed by atoms with van der Waals surface area (Å²) in [6.45, 7) is 0. The van der Waals surface area contributed by atoms with Crippen LogP contribution in [0, 0.1) is 0 Å². The SMILES string of the molecule is c1ccc(-c2ccc3c4cc(-c5ccc6c(c5)c5ccccc5n6-c5cc6ccccc6c6ccccc56)ccc4n(-c4ccccc4)c3c2)cc1. The Morgan fingerprint density at radius 3 is 1.52 bits per heavy atom. The van der Waals surface area contributed by atoms with Gasteiger partial charge in [0.15, 0.2) is 0 Å². The van der Waals surface area contributed by atoms with Gasteiger partial charge in [0.05, 0.1) is 27.8 Å². The molecule has 2 heteroatoms. The zero-order chi connectivity index (χ0) is 34.2. The Labute approximate surface area is 301 Å². The summed E-state index contributed by atoms with van der Waals surface area (Å²) in [7, 11) is 0. The first-order chi connectivity index (χ1) is 25.8. The van der Waals surface area contributed by atoms with Gasteiger partial charge in [0, 0.05) is 32.6 Å². The number of hydrogen-bond acceptors (Lipinski definition) is 0. The van der Waals surface area contributed by atoms with Crippen LogP contribution in [0.3, 0.4) is 0 Å². The molecule has 0 aliphatic heterocycles. The second kappa shape index (κ2) is 11.3. The first-order valence-electron chi connectivity index (χ1n) is 17.9. The molecule has 2 heterocycles. The molecular weight excluding hydrogens is 629 g/mol. The van der Waals surface area contributed by atoms with Gasteiger partial charge in [-0.1, -0.05) is 140 Å². The monoisotopic (exact) mass is 660 g/mol. The van der Waals surface area contributed by atoms with E-state index in [0.29, 0.717) is 0 Å². The fourth-order valence-electron chi connectivity index (χ4n) is 8.50. The van der Waals surface area contributed by atoms with E-state index in [-0.39, 0.29) is 0 Å². The van der Waals surface area contributed by atoms with Crippen LogP contribution in [0.25, 0.3) is 98.8 Å². The van der Waals surface area contributed by atoms with E-state index in [0.717, 1.165) is 5.69 Å². The van der Waals surface area contributed by atoms with Gasteiger partial charge in [-0.05, 0) is 93.0 Å². The summed E-state index contributed by atoms with van der Waals surface area (Å²) in [5, 5.41) is 10.1. The molecule has 0 fully saturated rings. The van der Waals surface area contributed by atoms with E-state index in [4.69, 9.17) is 0 Å². The normalized spacial score (nSPS) is 11.8. The fourth-order valence-corrected chi connectivity index (χ4v) is 8.50. The molecule has 11 rings (SSSR count). The molecule has 9 aromatic carbocycles. The van der Waals surface area contributed by atoms with Crippen LogP contribution in [0.2, 0.25) is 0 Å². The Balaban J connectivity index is 1.13. The summed E-state index contributed by atoms with van der Waals surface area (Å²) < 4.78 is 4.87. The van der Waals surface area contributed by atoms with Crippen molar-refractivity contribution in [1.82, 2.24) is 9.13 Å². The zero-order valence-electron chi connectivity index (χ0n) is 28.4. The maximum Gasteiger partial charge on any atom is 0.0547 e. The zero-order valence-corrected chi connectivity index (χ0v) is 28.4. The minimum absolute atomic E-state index is 1.16. The summed E-state index contributed by atoms with van der Waals surface area (Å²) in [5.74, 6) is 0. The number of fused-ring (bicyclic) bond motifs is 9. The van der Waals surface area contributed by atoms with Crippen molar-refractivity contribution in [3.05, 3.63) is 194 Å². The predicted octanol–water partition coefficient (Wildman–Crippen LogP) is 13.5. The third-order valence-corrected chi connectivity index (χ3v) is 10.9. The van der Waals surface area contributed by atoms with E-state index in [1.165, 1.54) is 93.1 Å². The Hall–Kier alpha value is -6.90. The molecule has 52 heavy (non-hydrogen) atoms. The van der Waals surface area contributed by atoms with Gasteiger partial charge in [0.25, 0.3) is 0 Å². The number of aromatic nitrogens is 2. The average Bonchev–Trinajstić information content (AvgIpc) is 3.73. The van der Waals surface area contributed by atoms with Crippen LogP contribution in [0.15, 0.2) is 194 Å². The van der Waals surface area contributed by atoms with Gasteiger partial charge in [-0.3, -0.25) is 0 Å². The molecule has 0 bridgehead atoms. The summed E-state index contributed by atoms with van der Waals surface area (Å²) in [6.07, 6.45) is 0. The second-order valence-corrected chi connectivity index (χ2v) is 13.7. The van der Waals surface area contributed by atoms with E-state index >= 15 is 0 Å². The highest BCUT2D eigenvalue weighted by Crippen LogP contribution is 2.41. The minimum atomic E-state index is 1.16. The van der Waals surface area contributed by atoms with Gasteiger partial charge < -0.3 is 9.13 Å². The first-order valence-corrected chi connectivity index (χ1v) is 17.9. The van der Waals surface area contributed by atoms with Gasteiger partial charge in [-0.15, -0.1) is 0 Å². The summed E-state index contributed by atoms with van der Waals surface area (Å²) >= 11 is 0. The molecule has 11 aromatic rings. The van der Waals surface area contributed by atoms with Crippen molar-refractivity contribution in [3.8, 4) is 33.6 Å². The lowest BCUT2D eigenvalue weighted by atomic mass is 9.99. The number of hydrogen-bond donors (Lipinski definition) is 0. The van der Waals surface area contributed by atoms with Crippen molar-refractivity contribution in [2.45, 2.75) is 0 Å². The first kappa shape index (κ1) is 28.9. The van der Waals surface area contributed by atoms with Crippen LogP contribution >= 0.6 is 0 Å². The molecule has 0 amide bonds. The quantitative estimate of drug-likeness (QED) is 0.166. The highest BCUT2D eigenvalue weighted by Gasteiger charge is 2.18. The van der Waals surface area contributed by atoms with Gasteiger partial charge in [-0.2, -0.15) is 0 Å². The van der Waals surface area contributed by atoms with Crippen LogP contribution in [0.4, 0.5) is 0 Å². The van der Waals surface area contributed by atoms with Gasteiger partial charge in [0.2, 0.25) is 0 Å². The van der Waals surface area contributed by atoms with Crippen molar-refractivity contribution < 1.29 is 0 Å². The fraction of sp³-hybridized carbons (Fsp3) is 0. The lowest BCUT2D eigenvalue weighted by molar-refractivity contribution is 1.18. The molecule has 0 unspecified atom stereocenters. The molecule has 0 radical (unpaired) electrons. The predicted molar refractivity (Wildman–Crippen MR) is 221 cm³/mol. The van der Waals surface area contributed by atoms with Crippen molar-refractivity contribution >= 4 is 65.2 Å². The van der Waals surface area contributed by atoms with E-state index < -0.39 is 0 Å². The molecule has 0 atom stereocenters. The van der Waals surface area contributed by atoms with E-state index in [1.54, 1.807) is 0 Å². The van der Waals surface area contributed by atoms with Crippen LogP contribution in [-0.4, -0.2) is 9.13 Å². The molecule has 2 aromatic heterocycles. The molecule has 242 valence electrons. The van der Waals surface area contributed by atoms with Crippen LogP contribution in [-0.2, 0) is 0 Å². The van der Waals surface area contributed by atoms with Gasteiger partial charge >= 0.3 is 0 Å².